The van der Waals surface area contributed by atoms with Crippen LogP contribution < -0.4 is 4.90 Å². The number of H-pyrrole nitrogens is 1. The Morgan fingerprint density at radius 3 is 1.86 bits per heavy atom. The minimum atomic E-state index is 0.911. The minimum absolute atomic E-state index is 0.911. The number of benzene rings is 8. The first-order chi connectivity index (χ1) is 24.3. The number of fused-ring (bicyclic) bond motifs is 7. The molecule has 8 aromatic carbocycles. The Labute approximate surface area is 283 Å². The molecule has 10 rings (SSSR count). The number of nitrogens with zero attached hydrogens (tertiary/aromatic N) is 1. The Morgan fingerprint density at radius 1 is 0.408 bits per heavy atom. The number of hydrogen-bond acceptors (Lipinski definition) is 2. The first-order valence-electron chi connectivity index (χ1n) is 16.7. The lowest BCUT2D eigenvalue weighted by atomic mass is 10.0. The maximum atomic E-state index is 6.38. The molecule has 0 radical (unpaired) electrons. The number of para-hydroxylation sites is 3. The van der Waals surface area contributed by atoms with Gasteiger partial charge in [-0.3, -0.25) is 0 Å². The molecule has 0 saturated carbocycles. The van der Waals surface area contributed by atoms with Crippen LogP contribution >= 0.6 is 0 Å². The van der Waals surface area contributed by atoms with Gasteiger partial charge in [-0.25, -0.2) is 0 Å². The van der Waals surface area contributed by atoms with Crippen LogP contribution in [0.3, 0.4) is 0 Å². The first-order valence-corrected chi connectivity index (χ1v) is 16.7. The van der Waals surface area contributed by atoms with Crippen LogP contribution in [0.25, 0.3) is 76.8 Å². The predicted molar refractivity (Wildman–Crippen MR) is 206 cm³/mol. The monoisotopic (exact) mass is 626 g/mol. The van der Waals surface area contributed by atoms with Gasteiger partial charge in [0.1, 0.15) is 11.2 Å². The van der Waals surface area contributed by atoms with E-state index in [0.29, 0.717) is 0 Å². The van der Waals surface area contributed by atoms with E-state index in [1.807, 2.05) is 12.1 Å². The van der Waals surface area contributed by atoms with Gasteiger partial charge in [0, 0.05) is 54.9 Å². The molecule has 0 bridgehead atoms. The molecule has 3 heteroatoms. The Kier molecular flexibility index (Phi) is 6.18. The third-order valence-corrected chi connectivity index (χ3v) is 9.81. The molecule has 3 nitrogen and oxygen atoms in total. The van der Waals surface area contributed by atoms with Gasteiger partial charge < -0.3 is 14.3 Å². The van der Waals surface area contributed by atoms with E-state index >= 15 is 0 Å². The van der Waals surface area contributed by atoms with E-state index < -0.39 is 0 Å². The topological polar surface area (TPSA) is 32.2 Å². The Bertz CT molecular complexity index is 2820. The average molecular weight is 627 g/mol. The number of rotatable bonds is 5. The van der Waals surface area contributed by atoms with E-state index in [9.17, 15) is 0 Å². The van der Waals surface area contributed by atoms with Crippen LogP contribution in [0.2, 0.25) is 0 Å². The maximum Gasteiger partial charge on any atom is 0.143 e. The summed E-state index contributed by atoms with van der Waals surface area (Å²) in [4.78, 5) is 5.91. The molecule has 0 spiro atoms. The number of furan rings is 1. The summed E-state index contributed by atoms with van der Waals surface area (Å²) in [5.74, 6) is 0. The highest BCUT2D eigenvalue weighted by molar-refractivity contribution is 6.10. The largest absolute Gasteiger partial charge is 0.455 e. The molecule has 0 amide bonds. The fourth-order valence-electron chi connectivity index (χ4n) is 7.43. The summed E-state index contributed by atoms with van der Waals surface area (Å²) < 4.78 is 6.38. The number of aromatic amines is 1. The lowest BCUT2D eigenvalue weighted by Gasteiger charge is -2.27. The molecular formula is C46H30N2O. The van der Waals surface area contributed by atoms with Crippen LogP contribution in [-0.4, -0.2) is 4.98 Å². The highest BCUT2D eigenvalue weighted by Crippen LogP contribution is 2.42. The van der Waals surface area contributed by atoms with Gasteiger partial charge in [0.15, 0.2) is 0 Å². The van der Waals surface area contributed by atoms with Crippen molar-refractivity contribution in [2.45, 2.75) is 0 Å². The van der Waals surface area contributed by atoms with Crippen molar-refractivity contribution in [1.29, 1.82) is 0 Å². The molecule has 0 unspecified atom stereocenters. The van der Waals surface area contributed by atoms with E-state index in [4.69, 9.17) is 4.42 Å². The van der Waals surface area contributed by atoms with Crippen LogP contribution in [-0.2, 0) is 0 Å². The van der Waals surface area contributed by atoms with Crippen LogP contribution in [0.5, 0.6) is 0 Å². The summed E-state index contributed by atoms with van der Waals surface area (Å²) in [5.41, 5.74) is 12.1. The molecule has 2 heterocycles. The fourth-order valence-corrected chi connectivity index (χ4v) is 7.43. The molecule has 0 aliphatic heterocycles. The average Bonchev–Trinajstić information content (AvgIpc) is 3.74. The van der Waals surface area contributed by atoms with Gasteiger partial charge in [0.2, 0.25) is 0 Å². The SMILES string of the molecule is c1ccc2c(N(c3ccc(-c4ccc5[nH]c6ccccc6c5c4)cc3)c3ccc(-c4cccc5c4oc4ccccc45)cc3)cccc2c1. The fraction of sp³-hybridized carbons (Fsp3) is 0. The number of nitrogens with one attached hydrogen (secondary N) is 1. The molecule has 1 N–H and O–H groups in total. The Hall–Kier alpha value is -6.58. The third kappa shape index (κ3) is 4.51. The summed E-state index contributed by atoms with van der Waals surface area (Å²) in [6.45, 7) is 0. The summed E-state index contributed by atoms with van der Waals surface area (Å²) >= 11 is 0. The molecule has 0 aliphatic rings. The van der Waals surface area contributed by atoms with Gasteiger partial charge in [-0.15, -0.1) is 0 Å². The van der Waals surface area contributed by atoms with Crippen molar-refractivity contribution < 1.29 is 4.42 Å². The van der Waals surface area contributed by atoms with Crippen LogP contribution in [0.4, 0.5) is 17.1 Å². The van der Waals surface area contributed by atoms with E-state index in [-0.39, 0.29) is 0 Å². The van der Waals surface area contributed by atoms with Gasteiger partial charge in [0.05, 0.1) is 5.69 Å². The second kappa shape index (κ2) is 11.0. The van der Waals surface area contributed by atoms with Crippen molar-refractivity contribution in [2.75, 3.05) is 4.90 Å². The van der Waals surface area contributed by atoms with Gasteiger partial charge >= 0.3 is 0 Å². The standard InChI is InChI=1S/C46H30N2O/c1-2-11-36-31(9-1)10-7-17-44(36)48(34-24-19-30(20-25-34)33-23-28-43-41(29-33)38-12-3-5-16-42(38)47-43)35-26-21-32(22-27-35)37-14-8-15-40-39-13-4-6-18-45(39)49-46(37)40/h1-29,47H. The van der Waals surface area contributed by atoms with Gasteiger partial charge in [-0.1, -0.05) is 121 Å². The normalized spacial score (nSPS) is 11.7. The highest BCUT2D eigenvalue weighted by Gasteiger charge is 2.17. The number of aromatic nitrogens is 1. The molecule has 0 fully saturated rings. The molecule has 0 aliphatic carbocycles. The van der Waals surface area contributed by atoms with Crippen molar-refractivity contribution in [1.82, 2.24) is 4.98 Å². The van der Waals surface area contributed by atoms with E-state index in [1.165, 1.54) is 32.7 Å². The van der Waals surface area contributed by atoms with Crippen molar-refractivity contribution in [3.8, 4) is 22.3 Å². The lowest BCUT2D eigenvalue weighted by molar-refractivity contribution is 0.670. The Morgan fingerprint density at radius 2 is 1.02 bits per heavy atom. The van der Waals surface area contributed by atoms with Crippen LogP contribution in [0, 0.1) is 0 Å². The van der Waals surface area contributed by atoms with Gasteiger partial charge in [-0.05, 0) is 76.7 Å². The number of hydrogen-bond donors (Lipinski definition) is 1. The summed E-state index contributed by atoms with van der Waals surface area (Å²) in [6.07, 6.45) is 0. The van der Waals surface area contributed by atoms with Crippen molar-refractivity contribution in [2.24, 2.45) is 0 Å². The molecule has 230 valence electrons. The van der Waals surface area contributed by atoms with Gasteiger partial charge in [-0.2, -0.15) is 0 Å². The molecule has 2 aromatic heterocycles. The predicted octanol–water partition coefficient (Wildman–Crippen LogP) is 13.2. The molecule has 10 aromatic rings. The molecule has 0 saturated heterocycles. The minimum Gasteiger partial charge on any atom is -0.455 e. The second-order valence-electron chi connectivity index (χ2n) is 12.6. The zero-order valence-corrected chi connectivity index (χ0v) is 26.6. The lowest BCUT2D eigenvalue weighted by Crippen LogP contribution is -2.10. The molecule has 49 heavy (non-hydrogen) atoms. The molecular weight excluding hydrogens is 597 g/mol. The van der Waals surface area contributed by atoms with Crippen molar-refractivity contribution in [3.05, 3.63) is 176 Å². The highest BCUT2D eigenvalue weighted by atomic mass is 16.3. The zero-order valence-electron chi connectivity index (χ0n) is 26.6. The van der Waals surface area contributed by atoms with Crippen LogP contribution in [0.1, 0.15) is 0 Å². The Balaban J connectivity index is 1.08. The summed E-state index contributed by atoms with van der Waals surface area (Å²) in [6, 6.07) is 62.8. The van der Waals surface area contributed by atoms with Crippen molar-refractivity contribution >= 4 is 71.6 Å². The maximum absolute atomic E-state index is 6.38. The van der Waals surface area contributed by atoms with Crippen molar-refractivity contribution in [3.63, 3.8) is 0 Å². The van der Waals surface area contributed by atoms with E-state index in [2.05, 4.69) is 174 Å². The second-order valence-corrected chi connectivity index (χ2v) is 12.6. The molecule has 0 atom stereocenters. The number of anilines is 3. The first kappa shape index (κ1) is 27.5. The van der Waals surface area contributed by atoms with E-state index in [0.717, 1.165) is 61.2 Å². The third-order valence-electron chi connectivity index (χ3n) is 9.81. The zero-order chi connectivity index (χ0) is 32.3. The summed E-state index contributed by atoms with van der Waals surface area (Å²) in [7, 11) is 0. The van der Waals surface area contributed by atoms with E-state index in [1.54, 1.807) is 0 Å². The smallest absolute Gasteiger partial charge is 0.143 e. The quantitative estimate of drug-likeness (QED) is 0.206. The summed E-state index contributed by atoms with van der Waals surface area (Å²) in [5, 5.41) is 7.18. The van der Waals surface area contributed by atoms with Crippen LogP contribution in [0.15, 0.2) is 180 Å². The van der Waals surface area contributed by atoms with Gasteiger partial charge in [0.25, 0.3) is 0 Å².